The molecule has 2 aliphatic carbocycles. The smallest absolute Gasteiger partial charge is 0.240 e. The molecule has 1 amide bonds. The zero-order valence-electron chi connectivity index (χ0n) is 9.54. The van der Waals surface area contributed by atoms with Gasteiger partial charge in [-0.25, -0.2) is 0 Å². The number of carbonyl (C=O) groups is 1. The molecule has 0 aromatic rings. The highest BCUT2D eigenvalue weighted by atomic mass is 16.2. The lowest BCUT2D eigenvalue weighted by Crippen LogP contribution is -2.45. The lowest BCUT2D eigenvalue weighted by molar-refractivity contribution is -0.130. The van der Waals surface area contributed by atoms with Crippen molar-refractivity contribution in [2.75, 3.05) is 0 Å². The van der Waals surface area contributed by atoms with Gasteiger partial charge in [-0.3, -0.25) is 4.79 Å². The van der Waals surface area contributed by atoms with Gasteiger partial charge in [-0.2, -0.15) is 5.26 Å². The van der Waals surface area contributed by atoms with Crippen LogP contribution in [0.4, 0.5) is 0 Å². The molecule has 0 spiro atoms. The first-order valence-corrected chi connectivity index (χ1v) is 6.14. The third-order valence-electron chi connectivity index (χ3n) is 3.70. The van der Waals surface area contributed by atoms with Gasteiger partial charge in [-0.05, 0) is 25.7 Å². The summed E-state index contributed by atoms with van der Waals surface area (Å²) in [6, 6.07) is 2.48. The number of carbonyl (C=O) groups excluding carboxylic acids is 1. The zero-order valence-corrected chi connectivity index (χ0v) is 9.54. The molecule has 1 saturated carbocycles. The first-order valence-electron chi connectivity index (χ1n) is 6.14. The molecule has 0 aromatic carbocycles. The minimum atomic E-state index is -0.735. The summed E-state index contributed by atoms with van der Waals surface area (Å²) in [6.45, 7) is 0. The summed E-state index contributed by atoms with van der Waals surface area (Å²) in [5, 5.41) is 12.3. The molecule has 2 aliphatic rings. The molecule has 0 atom stereocenters. The molecule has 0 heterocycles. The van der Waals surface area contributed by atoms with Crippen LogP contribution in [0.3, 0.4) is 0 Å². The Morgan fingerprint density at radius 1 is 1.25 bits per heavy atom. The molecule has 0 radical (unpaired) electrons. The van der Waals surface area contributed by atoms with E-state index in [1.807, 2.05) is 0 Å². The molecule has 3 heteroatoms. The summed E-state index contributed by atoms with van der Waals surface area (Å²) in [5.41, 5.74) is -0.735. The molecular formula is C13H18N2O. The summed E-state index contributed by atoms with van der Waals surface area (Å²) in [6.07, 6.45) is 10.6. The van der Waals surface area contributed by atoms with Crippen molar-refractivity contribution in [1.82, 2.24) is 5.32 Å². The molecule has 16 heavy (non-hydrogen) atoms. The van der Waals surface area contributed by atoms with Crippen LogP contribution >= 0.6 is 0 Å². The highest BCUT2D eigenvalue weighted by molar-refractivity contribution is 5.85. The van der Waals surface area contributed by atoms with Gasteiger partial charge in [0.1, 0.15) is 5.41 Å². The van der Waals surface area contributed by atoms with Gasteiger partial charge in [0.25, 0.3) is 0 Å². The maximum atomic E-state index is 12.1. The van der Waals surface area contributed by atoms with Crippen LogP contribution in [-0.4, -0.2) is 11.9 Å². The molecular weight excluding hydrogens is 200 g/mol. The van der Waals surface area contributed by atoms with Gasteiger partial charge < -0.3 is 5.32 Å². The third kappa shape index (κ3) is 2.11. The third-order valence-corrected chi connectivity index (χ3v) is 3.70. The Morgan fingerprint density at radius 2 is 1.88 bits per heavy atom. The largest absolute Gasteiger partial charge is 0.351 e. The fraction of sp³-hybridized carbons (Fsp3) is 0.692. The van der Waals surface area contributed by atoms with Crippen molar-refractivity contribution in [2.24, 2.45) is 5.41 Å². The van der Waals surface area contributed by atoms with Crippen LogP contribution in [0.25, 0.3) is 0 Å². The topological polar surface area (TPSA) is 52.9 Å². The first kappa shape index (κ1) is 11.2. The molecule has 0 aromatic heterocycles. The minimum Gasteiger partial charge on any atom is -0.351 e. The number of nitrogens with zero attached hydrogens (tertiary/aromatic N) is 1. The number of nitriles is 1. The van der Waals surface area contributed by atoms with Gasteiger partial charge in [0, 0.05) is 6.04 Å². The summed E-state index contributed by atoms with van der Waals surface area (Å²) >= 11 is 0. The Balaban J connectivity index is 1.98. The lowest BCUT2D eigenvalue weighted by atomic mass is 9.74. The average Bonchev–Trinajstić information content (AvgIpc) is 2.82. The standard InChI is InChI=1S/C13H18N2O/c14-10-13(8-4-1-5-9-13)12(16)15-11-6-2-3-7-11/h2-3,11H,1,4-9H2,(H,15,16). The van der Waals surface area contributed by atoms with Gasteiger partial charge in [-0.1, -0.05) is 31.4 Å². The van der Waals surface area contributed by atoms with Gasteiger partial charge >= 0.3 is 0 Å². The Morgan fingerprint density at radius 3 is 2.44 bits per heavy atom. The van der Waals surface area contributed by atoms with Gasteiger partial charge in [-0.15, -0.1) is 0 Å². The van der Waals surface area contributed by atoms with E-state index in [2.05, 4.69) is 23.5 Å². The first-order chi connectivity index (χ1) is 7.77. The number of amides is 1. The number of rotatable bonds is 2. The van der Waals surface area contributed by atoms with Crippen molar-refractivity contribution in [3.8, 4) is 6.07 Å². The fourth-order valence-electron chi connectivity index (χ4n) is 2.60. The van der Waals surface area contributed by atoms with E-state index in [4.69, 9.17) is 0 Å². The van der Waals surface area contributed by atoms with E-state index in [0.29, 0.717) is 0 Å². The molecule has 1 N–H and O–H groups in total. The second-order valence-corrected chi connectivity index (χ2v) is 4.87. The monoisotopic (exact) mass is 218 g/mol. The normalized spacial score (nSPS) is 23.9. The highest BCUT2D eigenvalue weighted by Crippen LogP contribution is 2.36. The van der Waals surface area contributed by atoms with E-state index < -0.39 is 5.41 Å². The van der Waals surface area contributed by atoms with Crippen LogP contribution in [-0.2, 0) is 4.79 Å². The second kappa shape index (κ2) is 4.69. The van der Waals surface area contributed by atoms with Crippen LogP contribution in [0.2, 0.25) is 0 Å². The van der Waals surface area contributed by atoms with E-state index in [0.717, 1.165) is 44.9 Å². The Kier molecular flexibility index (Phi) is 3.28. The van der Waals surface area contributed by atoms with E-state index in [9.17, 15) is 10.1 Å². The second-order valence-electron chi connectivity index (χ2n) is 4.87. The summed E-state index contributed by atoms with van der Waals surface area (Å²) in [5.74, 6) is -0.0385. The lowest BCUT2D eigenvalue weighted by Gasteiger charge is -2.30. The minimum absolute atomic E-state index is 0.0385. The maximum absolute atomic E-state index is 12.1. The van der Waals surface area contributed by atoms with E-state index in [1.54, 1.807) is 0 Å². The van der Waals surface area contributed by atoms with Crippen LogP contribution in [0.15, 0.2) is 12.2 Å². The van der Waals surface area contributed by atoms with Crippen molar-refractivity contribution in [3.05, 3.63) is 12.2 Å². The molecule has 0 saturated heterocycles. The Labute approximate surface area is 96.5 Å². The average molecular weight is 218 g/mol. The van der Waals surface area contributed by atoms with Gasteiger partial charge in [0.2, 0.25) is 5.91 Å². The van der Waals surface area contributed by atoms with Crippen molar-refractivity contribution >= 4 is 5.91 Å². The Bertz CT molecular complexity index is 326. The van der Waals surface area contributed by atoms with Gasteiger partial charge in [0.05, 0.1) is 6.07 Å². The molecule has 0 bridgehead atoms. The summed E-state index contributed by atoms with van der Waals surface area (Å²) in [4.78, 5) is 12.1. The van der Waals surface area contributed by atoms with Crippen LogP contribution in [0.5, 0.6) is 0 Å². The van der Waals surface area contributed by atoms with Gasteiger partial charge in [0.15, 0.2) is 0 Å². The molecule has 1 fully saturated rings. The molecule has 0 aliphatic heterocycles. The van der Waals surface area contributed by atoms with Crippen LogP contribution in [0, 0.1) is 16.7 Å². The maximum Gasteiger partial charge on any atom is 0.240 e. The fourth-order valence-corrected chi connectivity index (χ4v) is 2.60. The van der Waals surface area contributed by atoms with Crippen molar-refractivity contribution in [1.29, 1.82) is 5.26 Å². The van der Waals surface area contributed by atoms with E-state index >= 15 is 0 Å². The SMILES string of the molecule is N#CC1(C(=O)NC2CC=CC2)CCCCC1. The predicted octanol–water partition coefficient (Wildman–Crippen LogP) is 2.30. The predicted molar refractivity (Wildman–Crippen MR) is 61.4 cm³/mol. The Hall–Kier alpha value is -1.30. The highest BCUT2D eigenvalue weighted by Gasteiger charge is 2.40. The summed E-state index contributed by atoms with van der Waals surface area (Å²) < 4.78 is 0. The summed E-state index contributed by atoms with van der Waals surface area (Å²) in [7, 11) is 0. The number of hydrogen-bond acceptors (Lipinski definition) is 2. The van der Waals surface area contributed by atoms with Crippen molar-refractivity contribution < 1.29 is 4.79 Å². The van der Waals surface area contributed by atoms with Crippen LogP contribution < -0.4 is 5.32 Å². The van der Waals surface area contributed by atoms with Crippen LogP contribution in [0.1, 0.15) is 44.9 Å². The number of hydrogen-bond donors (Lipinski definition) is 1. The van der Waals surface area contributed by atoms with E-state index in [-0.39, 0.29) is 11.9 Å². The van der Waals surface area contributed by atoms with E-state index in [1.165, 1.54) is 0 Å². The molecule has 86 valence electrons. The quantitative estimate of drug-likeness (QED) is 0.723. The van der Waals surface area contributed by atoms with Crippen molar-refractivity contribution in [2.45, 2.75) is 51.0 Å². The molecule has 0 unspecified atom stereocenters. The zero-order chi connectivity index (χ0) is 11.4. The molecule has 3 nitrogen and oxygen atoms in total. The van der Waals surface area contributed by atoms with Crippen molar-refractivity contribution in [3.63, 3.8) is 0 Å². The molecule has 2 rings (SSSR count). The number of nitrogens with one attached hydrogen (secondary N) is 1.